The number of ether oxygens (including phenoxy) is 1. The van der Waals surface area contributed by atoms with Gasteiger partial charge in [-0.3, -0.25) is 14.9 Å². The Kier molecular flexibility index (Phi) is 4.42. The summed E-state index contributed by atoms with van der Waals surface area (Å²) in [5, 5.41) is 16.6. The molecule has 5 rings (SSSR count). The number of carbonyl (C=O) groups is 1. The summed E-state index contributed by atoms with van der Waals surface area (Å²) in [5.74, 6) is 1.18. The first-order valence-electron chi connectivity index (χ1n) is 9.40. The molecule has 2 aromatic heterocycles. The number of aromatic nitrogens is 3. The van der Waals surface area contributed by atoms with Gasteiger partial charge in [-0.2, -0.15) is 5.10 Å². The Morgan fingerprint density at radius 3 is 2.65 bits per heavy atom. The Morgan fingerprint density at radius 2 is 2.04 bits per heavy atom. The maximum atomic E-state index is 11.7. The molecule has 3 aliphatic carbocycles. The van der Waals surface area contributed by atoms with Crippen LogP contribution in [0, 0.1) is 24.2 Å². The highest BCUT2D eigenvalue weighted by molar-refractivity contribution is 5.74. The summed E-state index contributed by atoms with van der Waals surface area (Å²) in [6.45, 7) is 2.64. The third-order valence-corrected chi connectivity index (χ3v) is 6.39. The molecular weight excluding hydrogens is 330 g/mol. The summed E-state index contributed by atoms with van der Waals surface area (Å²) in [5.41, 5.74) is 2.36. The van der Waals surface area contributed by atoms with Crippen LogP contribution < -0.4 is 4.74 Å². The van der Waals surface area contributed by atoms with Crippen molar-refractivity contribution >= 4 is 5.97 Å². The van der Waals surface area contributed by atoms with E-state index in [1.165, 1.54) is 0 Å². The average molecular weight is 355 g/mol. The topological polar surface area (TPSA) is 88.1 Å². The van der Waals surface area contributed by atoms with Gasteiger partial charge in [0.05, 0.1) is 35.8 Å². The zero-order chi connectivity index (χ0) is 18.1. The molecule has 2 N–H and O–H groups in total. The molecular formula is C20H25N3O3. The number of aliphatic carboxylic acids is 1. The number of hydrogen-bond acceptors (Lipinski definition) is 4. The minimum Gasteiger partial charge on any atom is -0.492 e. The highest BCUT2D eigenvalue weighted by Crippen LogP contribution is 2.50. The molecule has 0 spiro atoms. The van der Waals surface area contributed by atoms with Crippen molar-refractivity contribution in [2.45, 2.75) is 45.4 Å². The van der Waals surface area contributed by atoms with Crippen LogP contribution >= 0.6 is 0 Å². The van der Waals surface area contributed by atoms with Crippen LogP contribution in [0.4, 0.5) is 0 Å². The number of carboxylic acids is 1. The highest BCUT2D eigenvalue weighted by Gasteiger charge is 2.46. The van der Waals surface area contributed by atoms with Gasteiger partial charge in [-0.1, -0.05) is 0 Å². The Hall–Kier alpha value is -2.37. The first-order chi connectivity index (χ1) is 12.6. The van der Waals surface area contributed by atoms with Crippen LogP contribution in [0.1, 0.15) is 44.1 Å². The van der Waals surface area contributed by atoms with E-state index in [4.69, 9.17) is 4.74 Å². The summed E-state index contributed by atoms with van der Waals surface area (Å²) in [4.78, 5) is 16.1. The largest absolute Gasteiger partial charge is 0.492 e. The van der Waals surface area contributed by atoms with Gasteiger partial charge < -0.3 is 9.84 Å². The van der Waals surface area contributed by atoms with E-state index in [1.807, 2.05) is 19.1 Å². The zero-order valence-corrected chi connectivity index (χ0v) is 15.1. The fraction of sp³-hybridized carbons (Fsp3) is 0.550. The molecule has 3 saturated carbocycles. The van der Waals surface area contributed by atoms with Gasteiger partial charge in [0.1, 0.15) is 5.75 Å². The van der Waals surface area contributed by atoms with Crippen LogP contribution in [0.25, 0.3) is 11.4 Å². The van der Waals surface area contributed by atoms with Crippen molar-refractivity contribution in [3.05, 3.63) is 30.1 Å². The van der Waals surface area contributed by atoms with Gasteiger partial charge in [0.15, 0.2) is 0 Å². The third-order valence-electron chi connectivity index (χ3n) is 6.39. The molecule has 0 radical (unpaired) electrons. The normalized spacial score (nSPS) is 27.9. The number of pyridine rings is 1. The molecule has 1 atom stereocenters. The van der Waals surface area contributed by atoms with E-state index in [9.17, 15) is 9.90 Å². The first kappa shape index (κ1) is 17.1. The summed E-state index contributed by atoms with van der Waals surface area (Å²) >= 11 is 0. The number of aromatic amines is 1. The van der Waals surface area contributed by atoms with Crippen molar-refractivity contribution in [2.75, 3.05) is 6.61 Å². The van der Waals surface area contributed by atoms with E-state index in [0.717, 1.165) is 61.2 Å². The third kappa shape index (κ3) is 3.08. The van der Waals surface area contributed by atoms with Crippen molar-refractivity contribution in [3.63, 3.8) is 0 Å². The lowest BCUT2D eigenvalue weighted by molar-refractivity contribution is -0.151. The Labute approximate surface area is 153 Å². The molecule has 1 unspecified atom stereocenters. The molecule has 26 heavy (non-hydrogen) atoms. The molecule has 0 aliphatic heterocycles. The smallest absolute Gasteiger partial charge is 0.309 e. The second kappa shape index (κ2) is 6.74. The van der Waals surface area contributed by atoms with Crippen LogP contribution in [-0.2, 0) is 4.79 Å². The number of fused-ring (bicyclic) bond motifs is 4. The summed E-state index contributed by atoms with van der Waals surface area (Å²) in [6, 6.07) is 3.88. The van der Waals surface area contributed by atoms with Crippen molar-refractivity contribution in [1.82, 2.24) is 15.2 Å². The maximum Gasteiger partial charge on any atom is 0.309 e. The standard InChI is InChI=1S/C20H25N3O3/c1-13-10-22-23-18(13)17-3-2-16(11-21-17)26-12-15-6-9-20(19(24)25)7-4-14(15)5-8-20/h2-3,10-11,14-15H,4-9,12H2,1H3,(H,22,23)(H,24,25). The Bertz CT molecular complexity index is 776. The van der Waals surface area contributed by atoms with E-state index >= 15 is 0 Å². The lowest BCUT2D eigenvalue weighted by Crippen LogP contribution is -2.33. The number of H-pyrrole nitrogens is 1. The van der Waals surface area contributed by atoms with E-state index in [-0.39, 0.29) is 0 Å². The number of nitrogens with one attached hydrogen (secondary N) is 1. The number of hydrogen-bond donors (Lipinski definition) is 2. The molecule has 0 amide bonds. The van der Waals surface area contributed by atoms with E-state index < -0.39 is 11.4 Å². The zero-order valence-electron chi connectivity index (χ0n) is 15.1. The van der Waals surface area contributed by atoms with Gasteiger partial charge in [0, 0.05) is 0 Å². The van der Waals surface area contributed by atoms with Gasteiger partial charge in [0.25, 0.3) is 0 Å². The van der Waals surface area contributed by atoms with Crippen LogP contribution in [0.3, 0.4) is 0 Å². The molecule has 6 heteroatoms. The van der Waals surface area contributed by atoms with Gasteiger partial charge >= 0.3 is 5.97 Å². The van der Waals surface area contributed by atoms with Gasteiger partial charge in [-0.05, 0) is 75.0 Å². The molecule has 2 aromatic rings. The number of aryl methyl sites for hydroxylation is 1. The van der Waals surface area contributed by atoms with Crippen LogP contribution in [0.2, 0.25) is 0 Å². The van der Waals surface area contributed by atoms with Crippen molar-refractivity contribution in [2.24, 2.45) is 17.3 Å². The summed E-state index contributed by atoms with van der Waals surface area (Å²) < 4.78 is 6.01. The van der Waals surface area contributed by atoms with E-state index in [1.54, 1.807) is 12.4 Å². The number of carboxylic acid groups (broad SMARTS) is 1. The van der Waals surface area contributed by atoms with Crippen LogP contribution in [0.15, 0.2) is 24.5 Å². The fourth-order valence-corrected chi connectivity index (χ4v) is 4.57. The van der Waals surface area contributed by atoms with Gasteiger partial charge in [-0.25, -0.2) is 0 Å². The quantitative estimate of drug-likeness (QED) is 0.851. The highest BCUT2D eigenvalue weighted by atomic mass is 16.5. The van der Waals surface area contributed by atoms with E-state index in [0.29, 0.717) is 18.4 Å². The Balaban J connectivity index is 1.39. The molecule has 2 heterocycles. The van der Waals surface area contributed by atoms with Gasteiger partial charge in [0.2, 0.25) is 0 Å². The molecule has 2 bridgehead atoms. The predicted octanol–water partition coefficient (Wildman–Crippen LogP) is 3.83. The molecule has 138 valence electrons. The second-order valence-electron chi connectivity index (χ2n) is 7.84. The summed E-state index contributed by atoms with van der Waals surface area (Å²) in [7, 11) is 0. The average Bonchev–Trinajstić information content (AvgIpc) is 2.90. The van der Waals surface area contributed by atoms with Crippen molar-refractivity contribution in [3.8, 4) is 17.1 Å². The lowest BCUT2D eigenvalue weighted by atomic mass is 9.71. The molecule has 3 aliphatic rings. The maximum absolute atomic E-state index is 11.7. The fourth-order valence-electron chi connectivity index (χ4n) is 4.57. The molecule has 0 aromatic carbocycles. The second-order valence-corrected chi connectivity index (χ2v) is 7.84. The SMILES string of the molecule is Cc1cn[nH]c1-c1ccc(OCC2CCC3(C(=O)O)CCC2CC3)cn1. The first-order valence-corrected chi connectivity index (χ1v) is 9.40. The minimum absolute atomic E-state index is 0.438. The monoisotopic (exact) mass is 355 g/mol. The molecule has 0 saturated heterocycles. The van der Waals surface area contributed by atoms with Gasteiger partial charge in [-0.15, -0.1) is 0 Å². The number of nitrogens with zero attached hydrogens (tertiary/aromatic N) is 2. The lowest BCUT2D eigenvalue weighted by Gasteiger charge is -2.33. The van der Waals surface area contributed by atoms with Crippen LogP contribution in [-0.4, -0.2) is 32.9 Å². The van der Waals surface area contributed by atoms with Crippen molar-refractivity contribution < 1.29 is 14.6 Å². The minimum atomic E-state index is -0.605. The molecule has 3 fully saturated rings. The number of rotatable bonds is 5. The van der Waals surface area contributed by atoms with Crippen LogP contribution in [0.5, 0.6) is 5.75 Å². The van der Waals surface area contributed by atoms with E-state index in [2.05, 4.69) is 15.2 Å². The van der Waals surface area contributed by atoms with Crippen molar-refractivity contribution in [1.29, 1.82) is 0 Å². The summed E-state index contributed by atoms with van der Waals surface area (Å²) in [6.07, 6.45) is 8.92. The Morgan fingerprint density at radius 1 is 1.27 bits per heavy atom. The molecule has 6 nitrogen and oxygen atoms in total. The predicted molar refractivity (Wildman–Crippen MR) is 96.8 cm³/mol.